The molecule has 0 amide bonds. The molecule has 0 aromatic heterocycles. The third-order valence-corrected chi connectivity index (χ3v) is 4.49. The van der Waals surface area contributed by atoms with Crippen molar-refractivity contribution < 1.29 is 9.13 Å². The summed E-state index contributed by atoms with van der Waals surface area (Å²) in [6, 6.07) is 16.9. The number of hydrogen-bond donors (Lipinski definition) is 1. The molecule has 3 aromatic rings. The SMILES string of the molecule is Fc1cccc(COc2ccc(Cl)cc2CNc2ccc(Cl)cc2Cl)c1. The van der Waals surface area contributed by atoms with Gasteiger partial charge in [0, 0.05) is 22.2 Å². The second-order valence-electron chi connectivity index (χ2n) is 5.65. The summed E-state index contributed by atoms with van der Waals surface area (Å²) in [5, 5.41) is 4.94. The van der Waals surface area contributed by atoms with Gasteiger partial charge in [-0.2, -0.15) is 0 Å². The predicted octanol–water partition coefficient (Wildman–Crippen LogP) is 6.98. The Labute approximate surface area is 166 Å². The van der Waals surface area contributed by atoms with Crippen LogP contribution in [0.3, 0.4) is 0 Å². The summed E-state index contributed by atoms with van der Waals surface area (Å²) in [5.74, 6) is 0.373. The largest absolute Gasteiger partial charge is 0.489 e. The summed E-state index contributed by atoms with van der Waals surface area (Å²) in [6.07, 6.45) is 0. The molecule has 134 valence electrons. The van der Waals surface area contributed by atoms with Gasteiger partial charge in [0.05, 0.1) is 10.7 Å². The Morgan fingerprint density at radius 1 is 0.885 bits per heavy atom. The molecule has 0 fully saturated rings. The van der Waals surface area contributed by atoms with Crippen molar-refractivity contribution in [3.8, 4) is 5.75 Å². The first-order chi connectivity index (χ1) is 12.5. The summed E-state index contributed by atoms with van der Waals surface area (Å²) in [5.41, 5.74) is 2.37. The third-order valence-electron chi connectivity index (χ3n) is 3.71. The van der Waals surface area contributed by atoms with Crippen LogP contribution >= 0.6 is 34.8 Å². The number of ether oxygens (including phenoxy) is 1. The van der Waals surface area contributed by atoms with Gasteiger partial charge in [-0.3, -0.25) is 0 Å². The van der Waals surface area contributed by atoms with Crippen LogP contribution in [-0.4, -0.2) is 0 Å². The van der Waals surface area contributed by atoms with Gasteiger partial charge in [0.15, 0.2) is 0 Å². The molecule has 0 aliphatic heterocycles. The van der Waals surface area contributed by atoms with Crippen LogP contribution in [0.4, 0.5) is 10.1 Å². The Hall–Kier alpha value is -1.94. The van der Waals surface area contributed by atoms with Gasteiger partial charge < -0.3 is 10.1 Å². The highest BCUT2D eigenvalue weighted by molar-refractivity contribution is 6.36. The highest BCUT2D eigenvalue weighted by Crippen LogP contribution is 2.28. The lowest BCUT2D eigenvalue weighted by atomic mass is 10.2. The highest BCUT2D eigenvalue weighted by Gasteiger charge is 2.08. The first kappa shape index (κ1) is 18.8. The molecular formula is C20H15Cl3FNO. The number of hydrogen-bond acceptors (Lipinski definition) is 2. The van der Waals surface area contributed by atoms with Crippen molar-refractivity contribution in [3.05, 3.63) is 92.7 Å². The Kier molecular flexibility index (Phi) is 6.25. The lowest BCUT2D eigenvalue weighted by molar-refractivity contribution is 0.302. The van der Waals surface area contributed by atoms with Gasteiger partial charge in [-0.15, -0.1) is 0 Å². The van der Waals surface area contributed by atoms with Crippen LogP contribution in [-0.2, 0) is 13.2 Å². The van der Waals surface area contributed by atoms with E-state index in [2.05, 4.69) is 5.32 Å². The average molecular weight is 411 g/mol. The first-order valence-corrected chi connectivity index (χ1v) is 8.99. The molecular weight excluding hydrogens is 396 g/mol. The quantitative estimate of drug-likeness (QED) is 0.473. The minimum absolute atomic E-state index is 0.258. The molecule has 26 heavy (non-hydrogen) atoms. The fraction of sp³-hybridized carbons (Fsp3) is 0.100. The van der Waals surface area contributed by atoms with E-state index in [1.807, 2.05) is 18.2 Å². The minimum Gasteiger partial charge on any atom is -0.489 e. The van der Waals surface area contributed by atoms with Crippen LogP contribution in [0.15, 0.2) is 60.7 Å². The van der Waals surface area contributed by atoms with Crippen LogP contribution in [0.1, 0.15) is 11.1 Å². The Balaban J connectivity index is 1.73. The Morgan fingerprint density at radius 2 is 1.65 bits per heavy atom. The van der Waals surface area contributed by atoms with Gasteiger partial charge in [-0.25, -0.2) is 4.39 Å². The molecule has 0 saturated heterocycles. The van der Waals surface area contributed by atoms with Crippen LogP contribution in [0.5, 0.6) is 5.75 Å². The minimum atomic E-state index is -0.290. The second kappa shape index (κ2) is 8.63. The van der Waals surface area contributed by atoms with Gasteiger partial charge >= 0.3 is 0 Å². The molecule has 3 aromatic carbocycles. The second-order valence-corrected chi connectivity index (χ2v) is 6.93. The molecule has 0 spiro atoms. The number of rotatable bonds is 6. The highest BCUT2D eigenvalue weighted by atomic mass is 35.5. The standard InChI is InChI=1S/C20H15Cl3FNO/c21-15-5-7-20(26-12-13-2-1-3-17(24)8-13)14(9-15)11-25-19-6-4-16(22)10-18(19)23/h1-10,25H,11-12H2. The number of anilines is 1. The molecule has 0 atom stereocenters. The Morgan fingerprint density at radius 3 is 2.42 bits per heavy atom. The molecule has 6 heteroatoms. The zero-order chi connectivity index (χ0) is 18.5. The summed E-state index contributed by atoms with van der Waals surface area (Å²) in [6.45, 7) is 0.717. The van der Waals surface area contributed by atoms with E-state index in [0.29, 0.717) is 27.4 Å². The van der Waals surface area contributed by atoms with Gasteiger partial charge in [-0.05, 0) is 54.1 Å². The van der Waals surface area contributed by atoms with Crippen LogP contribution < -0.4 is 10.1 Å². The van der Waals surface area contributed by atoms with E-state index in [1.54, 1.807) is 30.3 Å². The molecule has 0 unspecified atom stereocenters. The number of nitrogens with one attached hydrogen (secondary N) is 1. The van der Waals surface area contributed by atoms with E-state index in [4.69, 9.17) is 39.5 Å². The van der Waals surface area contributed by atoms with E-state index in [9.17, 15) is 4.39 Å². The van der Waals surface area contributed by atoms with E-state index < -0.39 is 0 Å². The maximum atomic E-state index is 13.3. The number of halogens is 4. The summed E-state index contributed by atoms with van der Waals surface area (Å²) >= 11 is 18.2. The van der Waals surface area contributed by atoms with Crippen molar-refractivity contribution in [1.82, 2.24) is 0 Å². The van der Waals surface area contributed by atoms with Crippen molar-refractivity contribution in [2.75, 3.05) is 5.32 Å². The molecule has 0 bridgehead atoms. The molecule has 0 radical (unpaired) electrons. The van der Waals surface area contributed by atoms with Crippen molar-refractivity contribution in [2.24, 2.45) is 0 Å². The third kappa shape index (κ3) is 5.04. The molecule has 0 saturated carbocycles. The smallest absolute Gasteiger partial charge is 0.124 e. The predicted molar refractivity (Wildman–Crippen MR) is 106 cm³/mol. The Bertz CT molecular complexity index is 917. The fourth-order valence-electron chi connectivity index (χ4n) is 2.44. The molecule has 0 aliphatic carbocycles. The number of benzene rings is 3. The zero-order valence-electron chi connectivity index (χ0n) is 13.6. The van der Waals surface area contributed by atoms with Gasteiger partial charge in [0.1, 0.15) is 18.2 Å². The van der Waals surface area contributed by atoms with Crippen molar-refractivity contribution in [2.45, 2.75) is 13.2 Å². The van der Waals surface area contributed by atoms with Crippen molar-refractivity contribution in [3.63, 3.8) is 0 Å². The van der Waals surface area contributed by atoms with Crippen LogP contribution in [0, 0.1) is 5.82 Å². The summed E-state index contributed by atoms with van der Waals surface area (Å²) in [7, 11) is 0. The maximum Gasteiger partial charge on any atom is 0.124 e. The molecule has 0 heterocycles. The van der Waals surface area contributed by atoms with Crippen molar-refractivity contribution >= 4 is 40.5 Å². The topological polar surface area (TPSA) is 21.3 Å². The van der Waals surface area contributed by atoms with Gasteiger partial charge in [0.25, 0.3) is 0 Å². The van der Waals surface area contributed by atoms with Crippen LogP contribution in [0.25, 0.3) is 0 Å². The summed E-state index contributed by atoms with van der Waals surface area (Å²) < 4.78 is 19.1. The molecule has 3 rings (SSSR count). The van der Waals surface area contributed by atoms with Crippen LogP contribution in [0.2, 0.25) is 15.1 Å². The normalized spacial score (nSPS) is 10.6. The molecule has 0 aliphatic rings. The van der Waals surface area contributed by atoms with E-state index in [-0.39, 0.29) is 12.4 Å². The van der Waals surface area contributed by atoms with E-state index in [1.165, 1.54) is 12.1 Å². The lowest BCUT2D eigenvalue weighted by Gasteiger charge is -2.14. The average Bonchev–Trinajstić information content (AvgIpc) is 2.60. The van der Waals surface area contributed by atoms with Gasteiger partial charge in [-0.1, -0.05) is 46.9 Å². The molecule has 1 N–H and O–H groups in total. The monoisotopic (exact) mass is 409 g/mol. The van der Waals surface area contributed by atoms with Gasteiger partial charge in [0.2, 0.25) is 0 Å². The van der Waals surface area contributed by atoms with E-state index >= 15 is 0 Å². The maximum absolute atomic E-state index is 13.3. The van der Waals surface area contributed by atoms with E-state index in [0.717, 1.165) is 16.8 Å². The first-order valence-electron chi connectivity index (χ1n) is 7.86. The fourth-order valence-corrected chi connectivity index (χ4v) is 3.11. The summed E-state index contributed by atoms with van der Waals surface area (Å²) in [4.78, 5) is 0. The molecule has 2 nitrogen and oxygen atoms in total. The van der Waals surface area contributed by atoms with Crippen molar-refractivity contribution in [1.29, 1.82) is 0 Å². The lowest BCUT2D eigenvalue weighted by Crippen LogP contribution is -2.04. The zero-order valence-corrected chi connectivity index (χ0v) is 15.9.